The van der Waals surface area contributed by atoms with Crippen LogP contribution in [0.2, 0.25) is 0 Å². The number of benzene rings is 3. The number of rotatable bonds is 2. The molecule has 30 heavy (non-hydrogen) atoms. The van der Waals surface area contributed by atoms with E-state index in [0.29, 0.717) is 5.92 Å². The fraction of sp³-hybridized carbons (Fsp3) is 0.207. The van der Waals surface area contributed by atoms with Crippen molar-refractivity contribution in [1.82, 2.24) is 4.98 Å². The summed E-state index contributed by atoms with van der Waals surface area (Å²) in [5, 5.41) is 2.64. The van der Waals surface area contributed by atoms with Gasteiger partial charge in [0.15, 0.2) is 0 Å². The van der Waals surface area contributed by atoms with Gasteiger partial charge in [0.25, 0.3) is 0 Å². The lowest BCUT2D eigenvalue weighted by Crippen LogP contribution is -2.16. The van der Waals surface area contributed by atoms with Crippen LogP contribution in [0.4, 0.5) is 0 Å². The molecule has 1 heteroatoms. The van der Waals surface area contributed by atoms with Gasteiger partial charge in [-0.15, -0.1) is 0 Å². The first-order valence-corrected chi connectivity index (χ1v) is 11.0. The number of allylic oxidation sites excluding steroid dienone is 1. The SMILES string of the molecule is CC(C)c1cc2c3c(nccc3c1)-c1ccc3c(c1C2c1ccccc1)CCC=C3. The minimum atomic E-state index is 0.251. The highest BCUT2D eigenvalue weighted by Crippen LogP contribution is 2.50. The van der Waals surface area contributed by atoms with Gasteiger partial charge in [0.2, 0.25) is 0 Å². The Labute approximate surface area is 178 Å². The summed E-state index contributed by atoms with van der Waals surface area (Å²) in [6, 6.07) is 22.7. The van der Waals surface area contributed by atoms with Gasteiger partial charge in [0, 0.05) is 23.1 Å². The van der Waals surface area contributed by atoms with Gasteiger partial charge in [-0.2, -0.15) is 0 Å². The molecule has 3 aromatic carbocycles. The van der Waals surface area contributed by atoms with Gasteiger partial charge in [-0.25, -0.2) is 0 Å². The molecule has 6 rings (SSSR count). The third-order valence-corrected chi connectivity index (χ3v) is 6.82. The van der Waals surface area contributed by atoms with Crippen molar-refractivity contribution < 1.29 is 0 Å². The van der Waals surface area contributed by atoms with Gasteiger partial charge >= 0.3 is 0 Å². The predicted molar refractivity (Wildman–Crippen MR) is 126 cm³/mol. The fourth-order valence-electron chi connectivity index (χ4n) is 5.38. The van der Waals surface area contributed by atoms with Gasteiger partial charge in [0.1, 0.15) is 0 Å². The van der Waals surface area contributed by atoms with Gasteiger partial charge < -0.3 is 0 Å². The van der Waals surface area contributed by atoms with Crippen LogP contribution in [-0.2, 0) is 6.42 Å². The predicted octanol–water partition coefficient (Wildman–Crippen LogP) is 7.48. The lowest BCUT2D eigenvalue weighted by molar-refractivity contribution is 0.855. The maximum atomic E-state index is 4.91. The van der Waals surface area contributed by atoms with Crippen molar-refractivity contribution in [2.45, 2.75) is 38.5 Å². The van der Waals surface area contributed by atoms with E-state index in [4.69, 9.17) is 4.98 Å². The molecule has 0 radical (unpaired) electrons. The van der Waals surface area contributed by atoms with E-state index in [1.807, 2.05) is 6.20 Å². The summed E-state index contributed by atoms with van der Waals surface area (Å²) in [6.07, 6.45) is 8.81. The van der Waals surface area contributed by atoms with E-state index in [-0.39, 0.29) is 5.92 Å². The van der Waals surface area contributed by atoms with E-state index < -0.39 is 0 Å². The first kappa shape index (κ1) is 17.7. The molecular weight excluding hydrogens is 362 g/mol. The highest BCUT2D eigenvalue weighted by atomic mass is 14.7. The molecule has 0 aliphatic heterocycles. The summed E-state index contributed by atoms with van der Waals surface area (Å²) >= 11 is 0. The van der Waals surface area contributed by atoms with Crippen molar-refractivity contribution in [2.24, 2.45) is 0 Å². The molecule has 1 atom stereocenters. The molecule has 4 aromatic rings. The Morgan fingerprint density at radius 3 is 2.67 bits per heavy atom. The van der Waals surface area contributed by atoms with Crippen LogP contribution in [0, 0.1) is 0 Å². The monoisotopic (exact) mass is 387 g/mol. The number of fused-ring (bicyclic) bond motifs is 4. The number of aromatic nitrogens is 1. The lowest BCUT2D eigenvalue weighted by atomic mass is 9.71. The van der Waals surface area contributed by atoms with Crippen LogP contribution < -0.4 is 0 Å². The highest BCUT2D eigenvalue weighted by Gasteiger charge is 2.32. The van der Waals surface area contributed by atoms with Gasteiger partial charge in [-0.05, 0) is 63.6 Å². The molecule has 1 aromatic heterocycles. The summed E-state index contributed by atoms with van der Waals surface area (Å²) in [7, 11) is 0. The Hall–Kier alpha value is -3.19. The second kappa shape index (κ2) is 6.67. The second-order valence-corrected chi connectivity index (χ2v) is 8.90. The maximum absolute atomic E-state index is 4.91. The molecule has 146 valence electrons. The average Bonchev–Trinajstić information content (AvgIpc) is 2.79. The number of hydrogen-bond donors (Lipinski definition) is 0. The van der Waals surface area contributed by atoms with Crippen LogP contribution in [0.25, 0.3) is 28.1 Å². The molecule has 1 nitrogen and oxygen atoms in total. The molecule has 0 amide bonds. The third kappa shape index (κ3) is 2.51. The first-order chi connectivity index (χ1) is 14.7. The molecule has 0 bridgehead atoms. The summed E-state index contributed by atoms with van der Waals surface area (Å²) in [5.74, 6) is 0.744. The van der Waals surface area contributed by atoms with Crippen LogP contribution in [-0.4, -0.2) is 4.98 Å². The van der Waals surface area contributed by atoms with Crippen molar-refractivity contribution in [3.8, 4) is 11.3 Å². The molecule has 0 saturated heterocycles. The first-order valence-electron chi connectivity index (χ1n) is 11.0. The van der Waals surface area contributed by atoms with E-state index in [1.54, 1.807) is 0 Å². The Morgan fingerprint density at radius 1 is 0.967 bits per heavy atom. The Morgan fingerprint density at radius 2 is 1.83 bits per heavy atom. The van der Waals surface area contributed by atoms with Crippen LogP contribution in [0.3, 0.4) is 0 Å². The van der Waals surface area contributed by atoms with Crippen molar-refractivity contribution in [3.05, 3.63) is 106 Å². The summed E-state index contributed by atoms with van der Waals surface area (Å²) in [5.41, 5.74) is 11.0. The maximum Gasteiger partial charge on any atom is 0.0786 e. The van der Waals surface area contributed by atoms with Crippen LogP contribution >= 0.6 is 0 Å². The molecular formula is C29H25N. The zero-order valence-corrected chi connectivity index (χ0v) is 17.5. The summed E-state index contributed by atoms with van der Waals surface area (Å²) in [6.45, 7) is 4.58. The molecule has 2 aliphatic rings. The van der Waals surface area contributed by atoms with Crippen LogP contribution in [0.15, 0.2) is 72.9 Å². The Bertz CT molecular complexity index is 1310. The van der Waals surface area contributed by atoms with Crippen molar-refractivity contribution >= 4 is 16.8 Å². The minimum Gasteiger partial charge on any atom is -0.256 e. The second-order valence-electron chi connectivity index (χ2n) is 8.90. The molecule has 1 unspecified atom stereocenters. The minimum absolute atomic E-state index is 0.251. The normalized spacial score (nSPS) is 16.6. The molecule has 0 N–H and O–H groups in total. The van der Waals surface area contributed by atoms with Crippen LogP contribution in [0.5, 0.6) is 0 Å². The van der Waals surface area contributed by atoms with Crippen molar-refractivity contribution in [2.75, 3.05) is 0 Å². The topological polar surface area (TPSA) is 12.9 Å². The number of pyridine rings is 1. The standard InChI is InChI=1S/C29H25N/c1-18(2)22-16-21-14-15-30-29-24-13-12-19-8-6-7-11-23(19)28(24)26(25(17-22)27(21)29)20-9-4-3-5-10-20/h3-6,8-10,12-18,26H,7,11H2,1-2H3. The average molecular weight is 388 g/mol. The molecule has 0 fully saturated rings. The van der Waals surface area contributed by atoms with Gasteiger partial charge in [-0.1, -0.05) is 80.6 Å². The van der Waals surface area contributed by atoms with E-state index >= 15 is 0 Å². The van der Waals surface area contributed by atoms with E-state index in [2.05, 4.69) is 86.7 Å². The van der Waals surface area contributed by atoms with Crippen molar-refractivity contribution in [3.63, 3.8) is 0 Å². The third-order valence-electron chi connectivity index (χ3n) is 6.82. The lowest BCUT2D eigenvalue weighted by Gasteiger charge is -2.33. The highest BCUT2D eigenvalue weighted by molar-refractivity contribution is 6.02. The molecule has 0 spiro atoms. The van der Waals surface area contributed by atoms with Gasteiger partial charge in [-0.3, -0.25) is 4.98 Å². The van der Waals surface area contributed by atoms with E-state index in [1.165, 1.54) is 49.7 Å². The smallest absolute Gasteiger partial charge is 0.0786 e. The molecule has 0 saturated carbocycles. The zero-order chi connectivity index (χ0) is 20.2. The molecule has 2 aliphatic carbocycles. The molecule has 1 heterocycles. The van der Waals surface area contributed by atoms with Crippen molar-refractivity contribution in [1.29, 1.82) is 0 Å². The van der Waals surface area contributed by atoms with E-state index in [9.17, 15) is 0 Å². The summed E-state index contributed by atoms with van der Waals surface area (Å²) in [4.78, 5) is 4.91. The zero-order valence-electron chi connectivity index (χ0n) is 17.5. The Kier molecular flexibility index (Phi) is 3.92. The van der Waals surface area contributed by atoms with Crippen LogP contribution in [0.1, 0.15) is 65.5 Å². The van der Waals surface area contributed by atoms with E-state index in [0.717, 1.165) is 18.5 Å². The fourth-order valence-corrected chi connectivity index (χ4v) is 5.38. The quantitative estimate of drug-likeness (QED) is 0.306. The summed E-state index contributed by atoms with van der Waals surface area (Å²) < 4.78 is 0. The number of nitrogens with zero attached hydrogens (tertiary/aromatic N) is 1. The number of hydrogen-bond acceptors (Lipinski definition) is 1. The Balaban J connectivity index is 1.78. The van der Waals surface area contributed by atoms with Gasteiger partial charge in [0.05, 0.1) is 5.69 Å². The largest absolute Gasteiger partial charge is 0.256 e.